The fourth-order valence-corrected chi connectivity index (χ4v) is 3.78. The smallest absolute Gasteiger partial charge is 0.243 e. The molecule has 0 spiro atoms. The maximum atomic E-state index is 12.5. The average Bonchev–Trinajstić information content (AvgIpc) is 2.38. The van der Waals surface area contributed by atoms with Gasteiger partial charge in [-0.3, -0.25) is 4.79 Å². The number of amides is 1. The number of hydrogen-bond acceptors (Lipinski definition) is 4. The van der Waals surface area contributed by atoms with Crippen LogP contribution in [0.2, 0.25) is 0 Å². The van der Waals surface area contributed by atoms with Crippen LogP contribution in [0.4, 0.5) is 0 Å². The van der Waals surface area contributed by atoms with Crippen molar-refractivity contribution in [3.63, 3.8) is 0 Å². The van der Waals surface area contributed by atoms with Crippen LogP contribution >= 0.6 is 12.2 Å². The summed E-state index contributed by atoms with van der Waals surface area (Å²) < 4.78 is 26.2. The molecule has 6 nitrogen and oxygen atoms in total. The third-order valence-corrected chi connectivity index (χ3v) is 5.32. The topological polar surface area (TPSA) is 92.5 Å². The van der Waals surface area contributed by atoms with E-state index in [-0.39, 0.29) is 28.9 Å². The Morgan fingerprint density at radius 2 is 2.15 bits per heavy atom. The molecule has 1 fully saturated rings. The van der Waals surface area contributed by atoms with Crippen molar-refractivity contribution in [1.82, 2.24) is 9.62 Å². The van der Waals surface area contributed by atoms with Gasteiger partial charge in [-0.15, -0.1) is 0 Å². The summed E-state index contributed by atoms with van der Waals surface area (Å²) in [7, 11) is -3.68. The van der Waals surface area contributed by atoms with Gasteiger partial charge in [-0.2, -0.15) is 4.31 Å². The van der Waals surface area contributed by atoms with E-state index in [1.165, 1.54) is 10.4 Å². The molecule has 0 atom stereocenters. The van der Waals surface area contributed by atoms with Crippen molar-refractivity contribution >= 4 is 33.1 Å². The molecule has 1 saturated heterocycles. The first-order valence-electron chi connectivity index (χ1n) is 5.99. The van der Waals surface area contributed by atoms with Gasteiger partial charge in [-0.25, -0.2) is 8.42 Å². The molecule has 108 valence electrons. The Balaban J connectivity index is 2.39. The van der Waals surface area contributed by atoms with E-state index in [1.54, 1.807) is 19.1 Å². The van der Waals surface area contributed by atoms with Crippen molar-refractivity contribution in [2.45, 2.75) is 11.8 Å². The number of benzene rings is 1. The van der Waals surface area contributed by atoms with Gasteiger partial charge in [0.15, 0.2) is 0 Å². The zero-order valence-electron chi connectivity index (χ0n) is 10.9. The summed E-state index contributed by atoms with van der Waals surface area (Å²) in [4.78, 5) is 11.7. The molecule has 0 radical (unpaired) electrons. The molecule has 1 amide bonds. The highest BCUT2D eigenvalue weighted by Gasteiger charge is 2.30. The van der Waals surface area contributed by atoms with E-state index in [0.29, 0.717) is 17.7 Å². The van der Waals surface area contributed by atoms with Gasteiger partial charge >= 0.3 is 0 Å². The molecule has 0 aliphatic carbocycles. The molecule has 1 aliphatic rings. The summed E-state index contributed by atoms with van der Waals surface area (Å²) in [5.74, 6) is -0.294. The van der Waals surface area contributed by atoms with E-state index in [2.05, 4.69) is 5.32 Å². The maximum Gasteiger partial charge on any atom is 0.243 e. The lowest BCUT2D eigenvalue weighted by Gasteiger charge is -2.26. The first-order chi connectivity index (χ1) is 9.32. The molecular formula is C12H15N3O3S2. The lowest BCUT2D eigenvalue weighted by atomic mass is 10.1. The molecule has 2 rings (SSSR count). The number of nitrogens with zero attached hydrogens (tertiary/aromatic N) is 1. The molecule has 8 heteroatoms. The summed E-state index contributed by atoms with van der Waals surface area (Å²) in [6, 6.07) is 4.69. The van der Waals surface area contributed by atoms with E-state index >= 15 is 0 Å². The van der Waals surface area contributed by atoms with Crippen molar-refractivity contribution < 1.29 is 13.2 Å². The van der Waals surface area contributed by atoms with Crippen molar-refractivity contribution in [2.75, 3.05) is 19.6 Å². The van der Waals surface area contributed by atoms with Crippen LogP contribution in [0.15, 0.2) is 23.1 Å². The zero-order valence-corrected chi connectivity index (χ0v) is 12.6. The number of hydrogen-bond donors (Lipinski definition) is 2. The Labute approximate surface area is 123 Å². The SMILES string of the molecule is Cc1cc(C(N)=S)ccc1S(=O)(=O)N1CCNC(=O)C1. The molecule has 1 aromatic carbocycles. The monoisotopic (exact) mass is 313 g/mol. The summed E-state index contributed by atoms with van der Waals surface area (Å²) in [6.07, 6.45) is 0. The third-order valence-electron chi connectivity index (χ3n) is 3.08. The molecule has 0 aromatic heterocycles. The van der Waals surface area contributed by atoms with Gasteiger partial charge in [0.2, 0.25) is 15.9 Å². The number of aryl methyl sites for hydroxylation is 1. The average molecular weight is 313 g/mol. The van der Waals surface area contributed by atoms with Gasteiger partial charge in [-0.05, 0) is 24.6 Å². The summed E-state index contributed by atoms with van der Waals surface area (Å²) in [5.41, 5.74) is 6.70. The van der Waals surface area contributed by atoms with E-state index in [1.807, 2.05) is 0 Å². The van der Waals surface area contributed by atoms with Crippen LogP contribution in [0.3, 0.4) is 0 Å². The van der Waals surface area contributed by atoms with Crippen molar-refractivity contribution in [3.05, 3.63) is 29.3 Å². The number of nitrogens with one attached hydrogen (secondary N) is 1. The Morgan fingerprint density at radius 3 is 2.70 bits per heavy atom. The fraction of sp³-hybridized carbons (Fsp3) is 0.333. The number of sulfonamides is 1. The van der Waals surface area contributed by atoms with Crippen molar-refractivity contribution in [2.24, 2.45) is 5.73 Å². The number of rotatable bonds is 3. The predicted molar refractivity (Wildman–Crippen MR) is 78.8 cm³/mol. The highest BCUT2D eigenvalue weighted by molar-refractivity contribution is 7.89. The molecule has 20 heavy (non-hydrogen) atoms. The Morgan fingerprint density at radius 1 is 1.45 bits per heavy atom. The number of thiocarbonyl (C=S) groups is 1. The van der Waals surface area contributed by atoms with Crippen LogP contribution in [-0.4, -0.2) is 43.3 Å². The second-order valence-electron chi connectivity index (χ2n) is 4.53. The van der Waals surface area contributed by atoms with Gasteiger partial charge in [0, 0.05) is 18.7 Å². The molecule has 1 heterocycles. The van der Waals surface area contributed by atoms with Crippen molar-refractivity contribution in [1.29, 1.82) is 0 Å². The van der Waals surface area contributed by atoms with E-state index in [9.17, 15) is 13.2 Å². The quantitative estimate of drug-likeness (QED) is 0.751. The van der Waals surface area contributed by atoms with Crippen LogP contribution in [0.25, 0.3) is 0 Å². The number of carbonyl (C=O) groups is 1. The highest BCUT2D eigenvalue weighted by Crippen LogP contribution is 2.21. The van der Waals surface area contributed by atoms with E-state index < -0.39 is 10.0 Å². The molecule has 0 unspecified atom stereocenters. The van der Waals surface area contributed by atoms with Crippen LogP contribution in [0, 0.1) is 6.92 Å². The van der Waals surface area contributed by atoms with E-state index in [0.717, 1.165) is 0 Å². The normalized spacial score (nSPS) is 16.8. The zero-order chi connectivity index (χ0) is 14.9. The molecule has 0 saturated carbocycles. The molecular weight excluding hydrogens is 298 g/mol. The van der Waals surface area contributed by atoms with Gasteiger partial charge in [-0.1, -0.05) is 18.3 Å². The molecule has 0 bridgehead atoms. The minimum absolute atomic E-state index is 0.154. The van der Waals surface area contributed by atoms with Crippen LogP contribution in [0.5, 0.6) is 0 Å². The first-order valence-corrected chi connectivity index (χ1v) is 7.84. The summed E-state index contributed by atoms with van der Waals surface area (Å²) in [5, 5.41) is 2.60. The first kappa shape index (κ1) is 14.9. The van der Waals surface area contributed by atoms with Crippen LogP contribution < -0.4 is 11.1 Å². The maximum absolute atomic E-state index is 12.5. The summed E-state index contributed by atoms with van der Waals surface area (Å²) in [6.45, 7) is 2.12. The second-order valence-corrected chi connectivity index (χ2v) is 6.88. The predicted octanol–water partition coefficient (Wildman–Crippen LogP) is -0.250. The molecule has 3 N–H and O–H groups in total. The van der Waals surface area contributed by atoms with Gasteiger partial charge in [0.1, 0.15) is 4.99 Å². The van der Waals surface area contributed by atoms with E-state index in [4.69, 9.17) is 18.0 Å². The lowest BCUT2D eigenvalue weighted by Crippen LogP contribution is -2.49. The molecule has 1 aromatic rings. The van der Waals surface area contributed by atoms with Gasteiger partial charge in [0.05, 0.1) is 11.4 Å². The largest absolute Gasteiger partial charge is 0.389 e. The minimum atomic E-state index is -3.68. The summed E-state index contributed by atoms with van der Waals surface area (Å²) >= 11 is 4.86. The highest BCUT2D eigenvalue weighted by atomic mass is 32.2. The number of nitrogens with two attached hydrogens (primary N) is 1. The standard InChI is InChI=1S/C12H15N3O3S2/c1-8-6-9(12(13)19)2-3-10(8)20(17,18)15-5-4-14-11(16)7-15/h2-3,6H,4-5,7H2,1H3,(H2,13,19)(H,14,16). The second kappa shape index (κ2) is 5.47. The van der Waals surface area contributed by atoms with Gasteiger partial charge < -0.3 is 11.1 Å². The van der Waals surface area contributed by atoms with Crippen molar-refractivity contribution in [3.8, 4) is 0 Å². The molecule has 1 aliphatic heterocycles. The van der Waals surface area contributed by atoms with Crippen LogP contribution in [0.1, 0.15) is 11.1 Å². The third kappa shape index (κ3) is 2.82. The fourth-order valence-electron chi connectivity index (χ4n) is 2.05. The number of carbonyl (C=O) groups excluding carboxylic acids is 1. The Hall–Kier alpha value is -1.51. The van der Waals surface area contributed by atoms with Gasteiger partial charge in [0.25, 0.3) is 0 Å². The lowest BCUT2D eigenvalue weighted by molar-refractivity contribution is -0.122. The van der Waals surface area contributed by atoms with Crippen LogP contribution in [-0.2, 0) is 14.8 Å². The number of piperazine rings is 1. The Bertz CT molecular complexity index is 671. The minimum Gasteiger partial charge on any atom is -0.389 e. The Kier molecular flexibility index (Phi) is 4.07.